The fraction of sp³-hybridized carbons (Fsp3) is 0.273. The summed E-state index contributed by atoms with van der Waals surface area (Å²) in [6, 6.07) is 11.6. The molecule has 0 fully saturated rings. The lowest BCUT2D eigenvalue weighted by Gasteiger charge is -2.18. The molecule has 0 unspecified atom stereocenters. The van der Waals surface area contributed by atoms with Gasteiger partial charge in [-0.2, -0.15) is 0 Å². The van der Waals surface area contributed by atoms with Gasteiger partial charge in [0.15, 0.2) is 0 Å². The van der Waals surface area contributed by atoms with Gasteiger partial charge >= 0.3 is 5.97 Å². The van der Waals surface area contributed by atoms with Gasteiger partial charge in [0.05, 0.1) is 0 Å². The van der Waals surface area contributed by atoms with Crippen LogP contribution in [-0.4, -0.2) is 23.5 Å². The standard InChI is InChI=1S/C22H24F2N2O3S/c1-13-3-5-15(6-4-13)20(30)17(21(25)26)12-29-16-9-7-14(8-10-19(27)28)18(11-16)22(2,23)24/h3-7,9,11,30H,8,10,12H2,1-2H3,(H3,25,26)(H,27,28)/b20-17-. The maximum atomic E-state index is 14.1. The molecule has 0 radical (unpaired) electrons. The first kappa shape index (κ1) is 23.4. The summed E-state index contributed by atoms with van der Waals surface area (Å²) in [5.74, 6) is -4.30. The topological polar surface area (TPSA) is 96.4 Å². The van der Waals surface area contributed by atoms with Gasteiger partial charge in [-0.05, 0) is 36.6 Å². The second kappa shape index (κ2) is 9.75. The Balaban J connectivity index is 2.29. The zero-order chi connectivity index (χ0) is 22.5. The lowest BCUT2D eigenvalue weighted by Crippen LogP contribution is -2.20. The van der Waals surface area contributed by atoms with Gasteiger partial charge in [0, 0.05) is 29.4 Å². The van der Waals surface area contributed by atoms with Gasteiger partial charge in [0.2, 0.25) is 0 Å². The van der Waals surface area contributed by atoms with E-state index in [1.54, 1.807) is 0 Å². The van der Waals surface area contributed by atoms with Crippen LogP contribution >= 0.6 is 12.6 Å². The molecule has 0 saturated carbocycles. The van der Waals surface area contributed by atoms with Crippen LogP contribution in [0.1, 0.15) is 35.6 Å². The Bertz CT molecular complexity index is 967. The fourth-order valence-corrected chi connectivity index (χ4v) is 3.16. The molecular formula is C22H24F2N2O3S. The number of aryl methyl sites for hydroxylation is 2. The number of nitrogens with two attached hydrogens (primary N) is 1. The van der Waals surface area contributed by atoms with Crippen LogP contribution in [0.5, 0.6) is 5.75 Å². The molecule has 0 aliphatic rings. The van der Waals surface area contributed by atoms with Crippen molar-refractivity contribution >= 4 is 29.3 Å². The number of aliphatic carboxylic acids is 1. The maximum absolute atomic E-state index is 14.1. The number of nitrogens with one attached hydrogen (secondary N) is 1. The van der Waals surface area contributed by atoms with E-state index < -0.39 is 11.9 Å². The van der Waals surface area contributed by atoms with Crippen molar-refractivity contribution in [2.75, 3.05) is 6.61 Å². The smallest absolute Gasteiger partial charge is 0.303 e. The van der Waals surface area contributed by atoms with Crippen LogP contribution < -0.4 is 10.5 Å². The number of hydrogen-bond donors (Lipinski definition) is 4. The number of halogens is 2. The van der Waals surface area contributed by atoms with Crippen molar-refractivity contribution in [1.29, 1.82) is 5.41 Å². The third kappa shape index (κ3) is 6.32. The molecule has 0 atom stereocenters. The molecule has 30 heavy (non-hydrogen) atoms. The van der Waals surface area contributed by atoms with Crippen LogP contribution in [0.25, 0.3) is 4.91 Å². The SMILES string of the molecule is Cc1ccc(/C(S)=C(\COc2ccc(CCC(=O)O)c(C(C)(F)F)c2)C(=N)N)cc1. The van der Waals surface area contributed by atoms with E-state index in [1.807, 2.05) is 31.2 Å². The quantitative estimate of drug-likeness (QED) is 0.259. The number of carboxylic acids is 1. The second-order valence-electron chi connectivity index (χ2n) is 7.00. The van der Waals surface area contributed by atoms with Crippen molar-refractivity contribution < 1.29 is 23.4 Å². The summed E-state index contributed by atoms with van der Waals surface area (Å²) in [5.41, 5.74) is 7.77. The number of carboxylic acid groups (broad SMARTS) is 1. The van der Waals surface area contributed by atoms with Crippen molar-refractivity contribution in [3.8, 4) is 5.75 Å². The predicted molar refractivity (Wildman–Crippen MR) is 116 cm³/mol. The second-order valence-corrected chi connectivity index (χ2v) is 7.44. The molecule has 8 heteroatoms. The van der Waals surface area contributed by atoms with Crippen LogP contribution in [-0.2, 0) is 17.1 Å². The number of ether oxygens (including phenoxy) is 1. The van der Waals surface area contributed by atoms with Crippen molar-refractivity contribution in [3.63, 3.8) is 0 Å². The minimum atomic E-state index is -3.16. The molecule has 0 spiro atoms. The zero-order valence-corrected chi connectivity index (χ0v) is 17.6. The molecule has 0 aliphatic carbocycles. The Morgan fingerprint density at radius 1 is 1.23 bits per heavy atom. The summed E-state index contributed by atoms with van der Waals surface area (Å²) < 4.78 is 33.7. The van der Waals surface area contributed by atoms with Gasteiger partial charge in [0.25, 0.3) is 5.92 Å². The molecule has 0 bridgehead atoms. The zero-order valence-electron chi connectivity index (χ0n) is 16.7. The highest BCUT2D eigenvalue weighted by molar-refractivity contribution is 7.90. The highest BCUT2D eigenvalue weighted by Crippen LogP contribution is 2.34. The van der Waals surface area contributed by atoms with E-state index in [2.05, 4.69) is 12.6 Å². The van der Waals surface area contributed by atoms with E-state index in [9.17, 15) is 13.6 Å². The Morgan fingerprint density at radius 2 is 1.87 bits per heavy atom. The number of hydrogen-bond acceptors (Lipinski definition) is 4. The number of carbonyl (C=O) groups is 1. The number of benzene rings is 2. The lowest BCUT2D eigenvalue weighted by atomic mass is 9.98. The molecule has 0 aromatic heterocycles. The first-order valence-electron chi connectivity index (χ1n) is 9.18. The van der Waals surface area contributed by atoms with Crippen molar-refractivity contribution in [3.05, 3.63) is 70.3 Å². The first-order chi connectivity index (χ1) is 14.0. The highest BCUT2D eigenvalue weighted by Gasteiger charge is 2.28. The molecule has 2 rings (SSSR count). The molecule has 0 saturated heterocycles. The van der Waals surface area contributed by atoms with Crippen LogP contribution in [0.4, 0.5) is 8.78 Å². The molecule has 0 amide bonds. The van der Waals surface area contributed by atoms with E-state index in [0.717, 1.165) is 18.1 Å². The summed E-state index contributed by atoms with van der Waals surface area (Å²) >= 11 is 4.47. The normalized spacial score (nSPS) is 12.3. The minimum absolute atomic E-state index is 0.0127. The lowest BCUT2D eigenvalue weighted by molar-refractivity contribution is -0.137. The number of alkyl halides is 2. The molecule has 160 valence electrons. The summed E-state index contributed by atoms with van der Waals surface area (Å²) in [6.07, 6.45) is -0.263. The van der Waals surface area contributed by atoms with E-state index in [1.165, 1.54) is 18.2 Å². The van der Waals surface area contributed by atoms with Gasteiger partial charge in [-0.25, -0.2) is 8.78 Å². The predicted octanol–water partition coefficient (Wildman–Crippen LogP) is 4.78. The van der Waals surface area contributed by atoms with E-state index >= 15 is 0 Å². The van der Waals surface area contributed by atoms with Crippen LogP contribution in [0.3, 0.4) is 0 Å². The number of thiol groups is 1. The van der Waals surface area contributed by atoms with E-state index in [4.69, 9.17) is 21.0 Å². The first-order valence-corrected chi connectivity index (χ1v) is 9.63. The number of amidine groups is 1. The van der Waals surface area contributed by atoms with Crippen LogP contribution in [0.2, 0.25) is 0 Å². The van der Waals surface area contributed by atoms with Crippen molar-refractivity contribution in [1.82, 2.24) is 0 Å². The summed E-state index contributed by atoms with van der Waals surface area (Å²) in [4.78, 5) is 11.2. The molecule has 2 aromatic rings. The molecule has 2 aromatic carbocycles. The Hall–Kier alpha value is -2.87. The summed E-state index contributed by atoms with van der Waals surface area (Å²) in [5, 5.41) is 16.7. The van der Waals surface area contributed by atoms with Gasteiger partial charge < -0.3 is 15.6 Å². The van der Waals surface area contributed by atoms with E-state index in [0.29, 0.717) is 10.5 Å². The molecular weight excluding hydrogens is 410 g/mol. The van der Waals surface area contributed by atoms with Crippen LogP contribution in [0, 0.1) is 12.3 Å². The largest absolute Gasteiger partial charge is 0.489 e. The average molecular weight is 435 g/mol. The van der Waals surface area contributed by atoms with E-state index in [-0.39, 0.29) is 42.2 Å². The molecule has 5 nitrogen and oxygen atoms in total. The molecule has 0 heterocycles. The summed E-state index contributed by atoms with van der Waals surface area (Å²) in [7, 11) is 0. The Kier molecular flexibility index (Phi) is 7.61. The molecule has 0 aliphatic heterocycles. The highest BCUT2D eigenvalue weighted by atomic mass is 32.1. The van der Waals surface area contributed by atoms with Gasteiger partial charge in [-0.15, -0.1) is 12.6 Å². The average Bonchev–Trinajstić information content (AvgIpc) is 2.66. The molecule has 4 N–H and O–H groups in total. The van der Waals surface area contributed by atoms with Crippen LogP contribution in [0.15, 0.2) is 48.0 Å². The Morgan fingerprint density at radius 3 is 2.40 bits per heavy atom. The summed E-state index contributed by atoms with van der Waals surface area (Å²) in [6.45, 7) is 2.56. The fourth-order valence-electron chi connectivity index (χ4n) is 2.83. The monoisotopic (exact) mass is 434 g/mol. The third-order valence-electron chi connectivity index (χ3n) is 4.48. The van der Waals surface area contributed by atoms with Gasteiger partial charge in [-0.1, -0.05) is 35.9 Å². The van der Waals surface area contributed by atoms with Gasteiger partial charge in [-0.3, -0.25) is 10.2 Å². The minimum Gasteiger partial charge on any atom is -0.489 e. The number of rotatable bonds is 9. The van der Waals surface area contributed by atoms with Gasteiger partial charge in [0.1, 0.15) is 18.2 Å². The third-order valence-corrected chi connectivity index (χ3v) is 5.01. The Labute approximate surface area is 179 Å². The van der Waals surface area contributed by atoms with Crippen molar-refractivity contribution in [2.24, 2.45) is 5.73 Å². The van der Waals surface area contributed by atoms with Crippen molar-refractivity contribution in [2.45, 2.75) is 32.6 Å². The maximum Gasteiger partial charge on any atom is 0.303 e.